The maximum Gasteiger partial charge on any atom is 0.382 e. The molecule has 2 unspecified atom stereocenters. The Morgan fingerprint density at radius 3 is 2.62 bits per heavy atom. The number of hydrogen-bond donors (Lipinski definition) is 0. The molecule has 0 saturated heterocycles. The summed E-state index contributed by atoms with van der Waals surface area (Å²) >= 11 is 11.4. The number of carbonyl (C=O) groups is 1. The van der Waals surface area contributed by atoms with Crippen LogP contribution in [-0.2, 0) is 11.3 Å². The Bertz CT molecular complexity index is 874. The topological polar surface area (TPSA) is 83.2 Å². The van der Waals surface area contributed by atoms with Gasteiger partial charge in [-0.1, -0.05) is 47.7 Å². The van der Waals surface area contributed by atoms with Gasteiger partial charge < -0.3 is 4.84 Å². The Morgan fingerprint density at radius 1 is 1.46 bits per heavy atom. The van der Waals surface area contributed by atoms with Gasteiger partial charge in [-0.3, -0.25) is 4.79 Å². The van der Waals surface area contributed by atoms with Crippen LogP contribution in [0.5, 0.6) is 0 Å². The monoisotopic (exact) mass is 371 g/mol. The minimum atomic E-state index is -0.992. The van der Waals surface area contributed by atoms with Crippen molar-refractivity contribution in [2.24, 2.45) is 16.7 Å². The smallest absolute Gasteiger partial charge is 0.328 e. The highest BCUT2D eigenvalue weighted by atomic mass is 35.5. The van der Waals surface area contributed by atoms with Crippen LogP contribution in [0, 0.1) is 29.1 Å². The molecule has 1 heterocycles. The Morgan fingerprint density at radius 2 is 2.08 bits per heavy atom. The van der Waals surface area contributed by atoms with Gasteiger partial charge in [0.15, 0.2) is 0 Å². The Balaban J connectivity index is 2.37. The van der Waals surface area contributed by atoms with Crippen LogP contribution in [0.2, 0.25) is 0 Å². The zero-order chi connectivity index (χ0) is 18.3. The van der Waals surface area contributed by atoms with E-state index in [0.29, 0.717) is 4.73 Å². The third-order valence-electron chi connectivity index (χ3n) is 4.69. The van der Waals surface area contributed by atoms with Gasteiger partial charge in [-0.2, -0.15) is 9.78 Å². The maximum absolute atomic E-state index is 12.6. The zero-order valence-electron chi connectivity index (χ0n) is 13.2. The molecule has 1 aliphatic carbocycles. The number of allylic oxidation sites excluding steroid dienone is 1. The van der Waals surface area contributed by atoms with Crippen molar-refractivity contribution in [1.82, 2.24) is 14.5 Å². The molecule has 0 aliphatic heterocycles. The highest BCUT2D eigenvalue weighted by molar-refractivity contribution is 6.55. The van der Waals surface area contributed by atoms with Crippen LogP contribution in [0.25, 0.3) is 0 Å². The summed E-state index contributed by atoms with van der Waals surface area (Å²) in [4.78, 5) is 41.5. The van der Waals surface area contributed by atoms with Crippen LogP contribution in [-0.4, -0.2) is 20.5 Å². The largest absolute Gasteiger partial charge is 0.382 e. The lowest BCUT2D eigenvalue weighted by molar-refractivity contribution is -0.153. The van der Waals surface area contributed by atoms with Crippen LogP contribution in [0.4, 0.5) is 0 Å². The van der Waals surface area contributed by atoms with Gasteiger partial charge in [0.2, 0.25) is 0 Å². The van der Waals surface area contributed by atoms with Crippen LogP contribution in [0.15, 0.2) is 26.4 Å². The first-order valence-electron chi connectivity index (χ1n) is 6.95. The number of hydrogen-bond acceptors (Lipinski definition) is 5. The molecule has 0 amide bonds. The van der Waals surface area contributed by atoms with E-state index >= 15 is 0 Å². The van der Waals surface area contributed by atoms with Crippen molar-refractivity contribution in [2.75, 3.05) is 0 Å². The zero-order valence-corrected chi connectivity index (χ0v) is 14.8. The van der Waals surface area contributed by atoms with Gasteiger partial charge in [0.05, 0.1) is 5.41 Å². The van der Waals surface area contributed by atoms with Crippen molar-refractivity contribution < 1.29 is 9.63 Å². The summed E-state index contributed by atoms with van der Waals surface area (Å²) in [5.74, 6) is 1.17. The Kier molecular flexibility index (Phi) is 4.66. The van der Waals surface area contributed by atoms with Gasteiger partial charge in [0.25, 0.3) is 0 Å². The standard InChI is InChI=1S/C15H15Cl2N3O4/c1-5-6-19-13(23)20(11(21)8-18-19)24-12(22)15(4)9(7-10(16)17)14(15,2)3/h1,7-9H,6H2,2-4H3. The second-order valence-corrected chi connectivity index (χ2v) is 7.17. The van der Waals surface area contributed by atoms with E-state index in [1.165, 1.54) is 6.08 Å². The SMILES string of the molecule is C#CCn1ncc(=O)n(OC(=O)C2(C)C(C=C(Cl)Cl)C2(C)C)c1=O. The van der Waals surface area contributed by atoms with E-state index in [1.807, 2.05) is 13.8 Å². The molecule has 0 bridgehead atoms. The third kappa shape index (κ3) is 2.76. The minimum absolute atomic E-state index is 0.0297. The molecule has 1 saturated carbocycles. The minimum Gasteiger partial charge on any atom is -0.328 e. The van der Waals surface area contributed by atoms with E-state index in [4.69, 9.17) is 34.5 Å². The summed E-state index contributed by atoms with van der Waals surface area (Å²) in [6.07, 6.45) is 7.51. The Labute approximate surface area is 147 Å². The molecule has 1 aromatic heterocycles. The fraction of sp³-hybridized carbons (Fsp3) is 0.467. The Hall–Kier alpha value is -2.04. The van der Waals surface area contributed by atoms with Crippen molar-refractivity contribution in [2.45, 2.75) is 27.3 Å². The number of terminal acetylenes is 1. The highest BCUT2D eigenvalue weighted by Crippen LogP contribution is 2.69. The third-order valence-corrected chi connectivity index (χ3v) is 4.94. The lowest BCUT2D eigenvalue weighted by atomic mass is 9.99. The predicted molar refractivity (Wildman–Crippen MR) is 88.3 cm³/mol. The fourth-order valence-electron chi connectivity index (χ4n) is 2.79. The first-order chi connectivity index (χ1) is 11.1. The molecular formula is C15H15Cl2N3O4. The van der Waals surface area contributed by atoms with E-state index in [0.717, 1.165) is 10.9 Å². The van der Waals surface area contributed by atoms with Crippen molar-refractivity contribution >= 4 is 29.2 Å². The molecule has 24 heavy (non-hydrogen) atoms. The van der Waals surface area contributed by atoms with Crippen LogP contribution < -0.4 is 16.1 Å². The van der Waals surface area contributed by atoms with Crippen LogP contribution in [0.3, 0.4) is 0 Å². The maximum atomic E-state index is 12.6. The normalized spacial score (nSPS) is 23.9. The van der Waals surface area contributed by atoms with Gasteiger partial charge in [-0.05, 0) is 18.4 Å². The molecule has 128 valence electrons. The summed E-state index contributed by atoms with van der Waals surface area (Å²) in [5.41, 5.74) is -3.30. The van der Waals surface area contributed by atoms with Gasteiger partial charge >= 0.3 is 17.2 Å². The number of carbonyl (C=O) groups excluding carboxylic acids is 1. The first kappa shape index (κ1) is 18.3. The quantitative estimate of drug-likeness (QED) is 0.736. The molecule has 0 spiro atoms. The second-order valence-electron chi connectivity index (χ2n) is 6.16. The number of nitrogens with zero attached hydrogens (tertiary/aromatic N) is 3. The highest BCUT2D eigenvalue weighted by Gasteiger charge is 2.72. The van der Waals surface area contributed by atoms with Crippen molar-refractivity contribution in [3.63, 3.8) is 0 Å². The molecular weight excluding hydrogens is 357 g/mol. The average molecular weight is 372 g/mol. The molecule has 2 atom stereocenters. The molecule has 1 aliphatic rings. The van der Waals surface area contributed by atoms with E-state index in [1.54, 1.807) is 6.92 Å². The van der Waals surface area contributed by atoms with Crippen molar-refractivity contribution in [1.29, 1.82) is 0 Å². The van der Waals surface area contributed by atoms with Crippen LogP contribution >= 0.6 is 23.2 Å². The number of halogens is 2. The number of aromatic nitrogens is 3. The molecule has 9 heteroatoms. The van der Waals surface area contributed by atoms with Gasteiger partial charge in [-0.15, -0.1) is 6.42 Å². The van der Waals surface area contributed by atoms with Gasteiger partial charge in [0, 0.05) is 5.92 Å². The lowest BCUT2D eigenvalue weighted by Gasteiger charge is -2.13. The van der Waals surface area contributed by atoms with Crippen molar-refractivity contribution in [3.05, 3.63) is 37.6 Å². The average Bonchev–Trinajstić information content (AvgIpc) is 2.92. The van der Waals surface area contributed by atoms with Crippen molar-refractivity contribution in [3.8, 4) is 12.3 Å². The molecule has 0 N–H and O–H groups in total. The van der Waals surface area contributed by atoms with Gasteiger partial charge in [0.1, 0.15) is 17.2 Å². The molecule has 1 fully saturated rings. The number of rotatable bonds is 4. The summed E-state index contributed by atoms with van der Waals surface area (Å²) in [7, 11) is 0. The predicted octanol–water partition coefficient (Wildman–Crippen LogP) is 0.975. The summed E-state index contributed by atoms with van der Waals surface area (Å²) < 4.78 is 1.21. The second kappa shape index (κ2) is 6.11. The van der Waals surface area contributed by atoms with Crippen LogP contribution in [0.1, 0.15) is 20.8 Å². The fourth-order valence-corrected chi connectivity index (χ4v) is 3.05. The van der Waals surface area contributed by atoms with E-state index in [-0.39, 0.29) is 17.0 Å². The lowest BCUT2D eigenvalue weighted by Crippen LogP contribution is -2.47. The molecule has 1 aromatic rings. The first-order valence-corrected chi connectivity index (χ1v) is 7.71. The summed E-state index contributed by atoms with van der Waals surface area (Å²) in [6.45, 7) is 5.16. The van der Waals surface area contributed by atoms with E-state index in [2.05, 4.69) is 11.0 Å². The molecule has 0 radical (unpaired) electrons. The van der Waals surface area contributed by atoms with E-state index < -0.39 is 28.0 Å². The van der Waals surface area contributed by atoms with Gasteiger partial charge in [-0.25, -0.2) is 9.59 Å². The molecule has 7 nitrogen and oxygen atoms in total. The molecule has 0 aromatic carbocycles. The summed E-state index contributed by atoms with van der Waals surface area (Å²) in [6, 6.07) is 0. The summed E-state index contributed by atoms with van der Waals surface area (Å²) in [5, 5.41) is 3.59. The van der Waals surface area contributed by atoms with E-state index in [9.17, 15) is 14.4 Å². The molecule has 2 rings (SSSR count).